The van der Waals surface area contributed by atoms with Crippen molar-refractivity contribution in [3.05, 3.63) is 0 Å². The lowest BCUT2D eigenvalue weighted by molar-refractivity contribution is -0.139. The molecule has 0 spiro atoms. The van der Waals surface area contributed by atoms with E-state index in [4.69, 9.17) is 10.8 Å². The van der Waals surface area contributed by atoms with Crippen LogP contribution in [0.15, 0.2) is 0 Å². The smallest absolute Gasteiger partial charge is 0.320 e. The molecule has 3 N–H and O–H groups in total. The average Bonchev–Trinajstić information content (AvgIpc) is 2.65. The fourth-order valence-electron chi connectivity index (χ4n) is 1.14. The molecular weight excluding hydrogens is 130 g/mol. The summed E-state index contributed by atoms with van der Waals surface area (Å²) in [6.07, 6.45) is 2.31. The normalized spacial score (nSPS) is 23.8. The minimum Gasteiger partial charge on any atom is -0.480 e. The number of hydrogen-bond donors (Lipinski definition) is 2. The van der Waals surface area contributed by atoms with Crippen LogP contribution in [0.2, 0.25) is 0 Å². The highest BCUT2D eigenvalue weighted by Crippen LogP contribution is 2.37. The van der Waals surface area contributed by atoms with E-state index in [0.29, 0.717) is 5.92 Å². The topological polar surface area (TPSA) is 63.3 Å². The van der Waals surface area contributed by atoms with E-state index < -0.39 is 12.0 Å². The first-order valence-corrected chi connectivity index (χ1v) is 3.61. The van der Waals surface area contributed by atoms with E-state index in [1.165, 1.54) is 0 Å². The number of hydrogen-bond acceptors (Lipinski definition) is 2. The molecule has 0 aromatic rings. The monoisotopic (exact) mass is 143 g/mol. The van der Waals surface area contributed by atoms with Crippen LogP contribution in [0.5, 0.6) is 0 Å². The maximum absolute atomic E-state index is 10.3. The summed E-state index contributed by atoms with van der Waals surface area (Å²) in [4.78, 5) is 10.3. The van der Waals surface area contributed by atoms with Gasteiger partial charge in [0.05, 0.1) is 0 Å². The molecule has 0 saturated heterocycles. The van der Waals surface area contributed by atoms with E-state index in [1.807, 2.05) is 6.92 Å². The average molecular weight is 143 g/mol. The third-order valence-corrected chi connectivity index (χ3v) is 2.22. The van der Waals surface area contributed by atoms with Crippen molar-refractivity contribution in [1.82, 2.24) is 0 Å². The SMILES string of the molecule is CC(C1CC1)C(N)C(=O)O. The molecule has 0 aromatic carbocycles. The molecule has 1 fully saturated rings. The van der Waals surface area contributed by atoms with Crippen molar-refractivity contribution in [3.8, 4) is 0 Å². The van der Waals surface area contributed by atoms with E-state index in [2.05, 4.69) is 0 Å². The van der Waals surface area contributed by atoms with Crippen LogP contribution in [0.1, 0.15) is 19.8 Å². The first-order valence-electron chi connectivity index (χ1n) is 3.61. The van der Waals surface area contributed by atoms with E-state index in [-0.39, 0.29) is 5.92 Å². The highest BCUT2D eigenvalue weighted by molar-refractivity contribution is 5.73. The zero-order valence-corrected chi connectivity index (χ0v) is 6.08. The molecule has 0 amide bonds. The second-order valence-corrected chi connectivity index (χ2v) is 3.06. The van der Waals surface area contributed by atoms with Gasteiger partial charge >= 0.3 is 5.97 Å². The number of nitrogens with two attached hydrogens (primary N) is 1. The van der Waals surface area contributed by atoms with Gasteiger partial charge in [-0.3, -0.25) is 4.79 Å². The first-order chi connectivity index (χ1) is 4.63. The van der Waals surface area contributed by atoms with E-state index in [9.17, 15) is 4.79 Å². The molecule has 10 heavy (non-hydrogen) atoms. The molecule has 1 aliphatic carbocycles. The Labute approximate surface area is 60.2 Å². The summed E-state index contributed by atoms with van der Waals surface area (Å²) in [5.74, 6) is -0.150. The second kappa shape index (κ2) is 2.58. The van der Waals surface area contributed by atoms with Crippen molar-refractivity contribution < 1.29 is 9.90 Å². The Kier molecular flexibility index (Phi) is 1.94. The summed E-state index contributed by atoms with van der Waals surface area (Å²) in [5.41, 5.74) is 5.40. The molecule has 0 bridgehead atoms. The van der Waals surface area contributed by atoms with Gasteiger partial charge in [0.1, 0.15) is 6.04 Å². The lowest BCUT2D eigenvalue weighted by Crippen LogP contribution is -2.37. The number of carboxylic acid groups (broad SMARTS) is 1. The minimum absolute atomic E-state index is 0.150. The molecule has 1 rings (SSSR count). The molecule has 0 heterocycles. The maximum atomic E-state index is 10.3. The van der Waals surface area contributed by atoms with Crippen LogP contribution in [0.25, 0.3) is 0 Å². The Hall–Kier alpha value is -0.570. The summed E-state index contributed by atoms with van der Waals surface area (Å²) in [7, 11) is 0. The molecule has 1 saturated carbocycles. The van der Waals surface area contributed by atoms with Crippen molar-refractivity contribution >= 4 is 5.97 Å². The predicted molar refractivity (Wildman–Crippen MR) is 37.5 cm³/mol. The molecule has 58 valence electrons. The Bertz CT molecular complexity index is 143. The number of carbonyl (C=O) groups is 1. The largest absolute Gasteiger partial charge is 0.480 e. The van der Waals surface area contributed by atoms with Gasteiger partial charge in [0.15, 0.2) is 0 Å². The second-order valence-electron chi connectivity index (χ2n) is 3.06. The Morgan fingerprint density at radius 1 is 1.70 bits per heavy atom. The van der Waals surface area contributed by atoms with Gasteiger partial charge in [-0.25, -0.2) is 0 Å². The van der Waals surface area contributed by atoms with Gasteiger partial charge in [-0.05, 0) is 24.7 Å². The highest BCUT2D eigenvalue weighted by Gasteiger charge is 2.34. The van der Waals surface area contributed by atoms with Gasteiger partial charge in [-0.2, -0.15) is 0 Å². The van der Waals surface area contributed by atoms with Crippen molar-refractivity contribution in [1.29, 1.82) is 0 Å². The molecule has 2 unspecified atom stereocenters. The standard InChI is InChI=1S/C7H13NO2/c1-4(5-2-3-5)6(8)7(9)10/h4-6H,2-3,8H2,1H3,(H,9,10). The fraction of sp³-hybridized carbons (Fsp3) is 0.857. The minimum atomic E-state index is -0.876. The third kappa shape index (κ3) is 1.48. The summed E-state index contributed by atoms with van der Waals surface area (Å²) in [6, 6.07) is -0.660. The number of aliphatic carboxylic acids is 1. The lowest BCUT2D eigenvalue weighted by atomic mass is 9.98. The Balaban J connectivity index is 2.38. The van der Waals surface area contributed by atoms with Crippen LogP contribution >= 0.6 is 0 Å². The van der Waals surface area contributed by atoms with Crippen molar-refractivity contribution in [3.63, 3.8) is 0 Å². The summed E-state index contributed by atoms with van der Waals surface area (Å²) in [6.45, 7) is 1.91. The van der Waals surface area contributed by atoms with E-state index >= 15 is 0 Å². The van der Waals surface area contributed by atoms with E-state index in [0.717, 1.165) is 12.8 Å². The molecule has 3 nitrogen and oxygen atoms in total. The van der Waals surface area contributed by atoms with Gasteiger partial charge in [0.2, 0.25) is 0 Å². The van der Waals surface area contributed by atoms with Gasteiger partial charge < -0.3 is 10.8 Å². The van der Waals surface area contributed by atoms with E-state index in [1.54, 1.807) is 0 Å². The Morgan fingerprint density at radius 2 is 2.20 bits per heavy atom. The molecule has 3 heteroatoms. The zero-order valence-electron chi connectivity index (χ0n) is 6.08. The summed E-state index contributed by atoms with van der Waals surface area (Å²) < 4.78 is 0. The quantitative estimate of drug-likeness (QED) is 0.602. The van der Waals surface area contributed by atoms with Crippen LogP contribution in [0.4, 0.5) is 0 Å². The number of rotatable bonds is 3. The van der Waals surface area contributed by atoms with Gasteiger partial charge in [0, 0.05) is 0 Å². The number of carboxylic acids is 1. The highest BCUT2D eigenvalue weighted by atomic mass is 16.4. The molecule has 0 radical (unpaired) electrons. The Morgan fingerprint density at radius 3 is 2.50 bits per heavy atom. The first kappa shape index (κ1) is 7.54. The lowest BCUT2D eigenvalue weighted by Gasteiger charge is -2.13. The molecule has 0 aliphatic heterocycles. The summed E-state index contributed by atoms with van der Waals surface area (Å²) >= 11 is 0. The molecule has 2 atom stereocenters. The summed E-state index contributed by atoms with van der Waals surface area (Å²) in [5, 5.41) is 8.50. The molecule has 0 aromatic heterocycles. The van der Waals surface area contributed by atoms with Gasteiger partial charge in [-0.15, -0.1) is 0 Å². The van der Waals surface area contributed by atoms with Crippen molar-refractivity contribution in [2.24, 2.45) is 17.6 Å². The molecular formula is C7H13NO2. The van der Waals surface area contributed by atoms with Crippen molar-refractivity contribution in [2.45, 2.75) is 25.8 Å². The third-order valence-electron chi connectivity index (χ3n) is 2.22. The predicted octanol–water partition coefficient (Wildman–Crippen LogP) is 0.444. The molecule has 1 aliphatic rings. The van der Waals surface area contributed by atoms with Crippen LogP contribution in [-0.4, -0.2) is 17.1 Å². The van der Waals surface area contributed by atoms with Crippen LogP contribution < -0.4 is 5.73 Å². The zero-order chi connectivity index (χ0) is 7.72. The van der Waals surface area contributed by atoms with Crippen LogP contribution in [0.3, 0.4) is 0 Å². The van der Waals surface area contributed by atoms with Crippen molar-refractivity contribution in [2.75, 3.05) is 0 Å². The fourth-order valence-corrected chi connectivity index (χ4v) is 1.14. The van der Waals surface area contributed by atoms with Gasteiger partial charge in [0.25, 0.3) is 0 Å². The maximum Gasteiger partial charge on any atom is 0.320 e. The van der Waals surface area contributed by atoms with Crippen LogP contribution in [-0.2, 0) is 4.79 Å². The van der Waals surface area contributed by atoms with Gasteiger partial charge in [-0.1, -0.05) is 6.92 Å². The van der Waals surface area contributed by atoms with Crippen LogP contribution in [0, 0.1) is 11.8 Å².